The van der Waals surface area contributed by atoms with Crippen molar-refractivity contribution in [3.8, 4) is 0 Å². The first-order chi connectivity index (χ1) is 11.5. The molecule has 0 unspecified atom stereocenters. The number of fused-ring (bicyclic) bond motifs is 1. The van der Waals surface area contributed by atoms with Crippen molar-refractivity contribution in [1.82, 2.24) is 20.1 Å². The van der Waals surface area contributed by atoms with E-state index < -0.39 is 0 Å². The lowest BCUT2D eigenvalue weighted by Gasteiger charge is -2.22. The van der Waals surface area contributed by atoms with Crippen LogP contribution in [0.3, 0.4) is 0 Å². The number of nitrogens with zero attached hydrogens (tertiary/aromatic N) is 2. The van der Waals surface area contributed by atoms with E-state index >= 15 is 0 Å². The Bertz CT molecular complexity index is 668. The molecule has 1 aromatic heterocycles. The van der Waals surface area contributed by atoms with Crippen LogP contribution >= 0.6 is 0 Å². The van der Waals surface area contributed by atoms with Crippen LogP contribution in [0.2, 0.25) is 0 Å². The van der Waals surface area contributed by atoms with Crippen molar-refractivity contribution in [3.63, 3.8) is 0 Å². The quantitative estimate of drug-likeness (QED) is 0.780. The number of carbonyl (C=O) groups is 1. The molecule has 2 N–H and O–H groups in total. The Kier molecular flexibility index (Phi) is 6.61. The lowest BCUT2D eigenvalue weighted by molar-refractivity contribution is 0.198. The highest BCUT2D eigenvalue weighted by Crippen LogP contribution is 2.19. The molecule has 132 valence electrons. The number of aromatic amines is 1. The maximum absolute atomic E-state index is 13.2. The Hall–Kier alpha value is -2.08. The summed E-state index contributed by atoms with van der Waals surface area (Å²) in [5, 5.41) is 3.98. The molecule has 6 heteroatoms. The molecule has 1 aromatic carbocycles. The van der Waals surface area contributed by atoms with Gasteiger partial charge in [-0.2, -0.15) is 0 Å². The predicted molar refractivity (Wildman–Crippen MR) is 95.8 cm³/mol. The van der Waals surface area contributed by atoms with Gasteiger partial charge in [-0.05, 0) is 64.2 Å². The number of amides is 2. The number of H-pyrrole nitrogens is 1. The zero-order valence-corrected chi connectivity index (χ0v) is 14.7. The standard InChI is InChI=1S/C18H27FN4O/c1-4-23(11-5-10-22(2)3)18(24)20-9-8-14-13-21-17-12-15(19)6-7-16(14)17/h6-7,12-13,21H,4-5,8-11H2,1-3H3,(H,20,24). The number of hydrogen-bond acceptors (Lipinski definition) is 2. The van der Waals surface area contributed by atoms with Gasteiger partial charge in [0.15, 0.2) is 0 Å². The van der Waals surface area contributed by atoms with Gasteiger partial charge in [0.2, 0.25) is 0 Å². The number of aromatic nitrogens is 1. The highest BCUT2D eigenvalue weighted by Gasteiger charge is 2.11. The molecule has 0 aliphatic heterocycles. The first-order valence-corrected chi connectivity index (χ1v) is 8.44. The molecule has 1 heterocycles. The molecule has 2 amide bonds. The largest absolute Gasteiger partial charge is 0.361 e. The van der Waals surface area contributed by atoms with Crippen LogP contribution in [-0.4, -0.2) is 61.1 Å². The van der Waals surface area contributed by atoms with Crippen LogP contribution in [0.1, 0.15) is 18.9 Å². The van der Waals surface area contributed by atoms with Crippen LogP contribution in [-0.2, 0) is 6.42 Å². The van der Waals surface area contributed by atoms with E-state index in [1.165, 1.54) is 12.1 Å². The third-order valence-corrected chi connectivity index (χ3v) is 4.10. The van der Waals surface area contributed by atoms with E-state index in [2.05, 4.69) is 15.2 Å². The molecule has 0 spiro atoms. The Morgan fingerprint density at radius 3 is 2.79 bits per heavy atom. The second kappa shape index (κ2) is 8.68. The normalized spacial score (nSPS) is 11.2. The van der Waals surface area contributed by atoms with Crippen molar-refractivity contribution in [2.75, 3.05) is 40.3 Å². The molecule has 24 heavy (non-hydrogen) atoms. The van der Waals surface area contributed by atoms with Crippen LogP contribution < -0.4 is 5.32 Å². The van der Waals surface area contributed by atoms with Crippen LogP contribution in [0.4, 0.5) is 9.18 Å². The fourth-order valence-corrected chi connectivity index (χ4v) is 2.76. The summed E-state index contributed by atoms with van der Waals surface area (Å²) < 4.78 is 13.2. The average Bonchev–Trinajstić information content (AvgIpc) is 2.93. The lowest BCUT2D eigenvalue weighted by atomic mass is 10.1. The Labute approximate surface area is 142 Å². The van der Waals surface area contributed by atoms with Gasteiger partial charge in [0.25, 0.3) is 0 Å². The Morgan fingerprint density at radius 1 is 1.29 bits per heavy atom. The van der Waals surface area contributed by atoms with E-state index in [9.17, 15) is 9.18 Å². The smallest absolute Gasteiger partial charge is 0.317 e. The molecule has 0 aliphatic carbocycles. The number of hydrogen-bond donors (Lipinski definition) is 2. The SMILES string of the molecule is CCN(CCCN(C)C)C(=O)NCCc1c[nH]c2cc(F)ccc12. The first-order valence-electron chi connectivity index (χ1n) is 8.44. The highest BCUT2D eigenvalue weighted by atomic mass is 19.1. The second-order valence-corrected chi connectivity index (χ2v) is 6.22. The van der Waals surface area contributed by atoms with Gasteiger partial charge < -0.3 is 20.1 Å². The maximum Gasteiger partial charge on any atom is 0.317 e. The molecule has 0 saturated heterocycles. The number of urea groups is 1. The summed E-state index contributed by atoms with van der Waals surface area (Å²) in [7, 11) is 4.06. The number of halogens is 1. The maximum atomic E-state index is 13.2. The van der Waals surface area contributed by atoms with Crippen molar-refractivity contribution < 1.29 is 9.18 Å². The van der Waals surface area contributed by atoms with Crippen LogP contribution in [0.15, 0.2) is 24.4 Å². The predicted octanol–water partition coefficient (Wildman–Crippen LogP) is 2.83. The third-order valence-electron chi connectivity index (χ3n) is 4.10. The van der Waals surface area contributed by atoms with Gasteiger partial charge in [0, 0.05) is 36.7 Å². The zero-order valence-electron chi connectivity index (χ0n) is 14.7. The molecule has 2 rings (SSSR count). The molecular formula is C18H27FN4O. The topological polar surface area (TPSA) is 51.4 Å². The van der Waals surface area contributed by atoms with Crippen LogP contribution in [0, 0.1) is 5.82 Å². The molecule has 2 aromatic rings. The van der Waals surface area contributed by atoms with E-state index in [1.807, 2.05) is 32.1 Å². The summed E-state index contributed by atoms with van der Waals surface area (Å²) in [5.41, 5.74) is 1.87. The minimum Gasteiger partial charge on any atom is -0.361 e. The fraction of sp³-hybridized carbons (Fsp3) is 0.500. The van der Waals surface area contributed by atoms with Gasteiger partial charge in [-0.3, -0.25) is 0 Å². The van der Waals surface area contributed by atoms with Crippen molar-refractivity contribution in [3.05, 3.63) is 35.8 Å². The van der Waals surface area contributed by atoms with E-state index in [1.54, 1.807) is 6.07 Å². The van der Waals surface area contributed by atoms with Gasteiger partial charge in [-0.1, -0.05) is 0 Å². The fourth-order valence-electron chi connectivity index (χ4n) is 2.76. The molecule has 0 saturated carbocycles. The second-order valence-electron chi connectivity index (χ2n) is 6.22. The molecule has 0 fully saturated rings. The van der Waals surface area contributed by atoms with E-state index in [4.69, 9.17) is 0 Å². The van der Waals surface area contributed by atoms with Crippen molar-refractivity contribution in [1.29, 1.82) is 0 Å². The number of benzene rings is 1. The summed E-state index contributed by atoms with van der Waals surface area (Å²) in [5.74, 6) is -0.250. The Morgan fingerprint density at radius 2 is 2.08 bits per heavy atom. The van der Waals surface area contributed by atoms with E-state index in [0.29, 0.717) is 19.5 Å². The van der Waals surface area contributed by atoms with Gasteiger partial charge in [0.1, 0.15) is 5.82 Å². The molecule has 5 nitrogen and oxygen atoms in total. The van der Waals surface area contributed by atoms with Crippen molar-refractivity contribution in [2.24, 2.45) is 0 Å². The van der Waals surface area contributed by atoms with Crippen LogP contribution in [0.25, 0.3) is 10.9 Å². The van der Waals surface area contributed by atoms with E-state index in [0.717, 1.165) is 36.0 Å². The third kappa shape index (κ3) is 4.96. The van der Waals surface area contributed by atoms with Gasteiger partial charge in [-0.25, -0.2) is 9.18 Å². The number of nitrogens with one attached hydrogen (secondary N) is 2. The Balaban J connectivity index is 1.82. The molecule has 0 atom stereocenters. The van der Waals surface area contributed by atoms with Crippen molar-refractivity contribution in [2.45, 2.75) is 19.8 Å². The number of rotatable bonds is 8. The van der Waals surface area contributed by atoms with Gasteiger partial charge in [-0.15, -0.1) is 0 Å². The molecule has 0 bridgehead atoms. The lowest BCUT2D eigenvalue weighted by Crippen LogP contribution is -2.41. The van der Waals surface area contributed by atoms with Gasteiger partial charge in [0.05, 0.1) is 0 Å². The zero-order chi connectivity index (χ0) is 17.5. The minimum atomic E-state index is -0.250. The molecule has 0 aliphatic rings. The summed E-state index contributed by atoms with van der Waals surface area (Å²) in [6.45, 7) is 4.98. The summed E-state index contributed by atoms with van der Waals surface area (Å²) >= 11 is 0. The minimum absolute atomic E-state index is 0.0258. The number of carbonyl (C=O) groups excluding carboxylic acids is 1. The van der Waals surface area contributed by atoms with Gasteiger partial charge >= 0.3 is 6.03 Å². The summed E-state index contributed by atoms with van der Waals surface area (Å²) in [6, 6.07) is 4.70. The van der Waals surface area contributed by atoms with E-state index in [-0.39, 0.29) is 11.8 Å². The van der Waals surface area contributed by atoms with Crippen molar-refractivity contribution >= 4 is 16.9 Å². The molecule has 0 radical (unpaired) electrons. The monoisotopic (exact) mass is 334 g/mol. The summed E-state index contributed by atoms with van der Waals surface area (Å²) in [6.07, 6.45) is 3.56. The summed E-state index contributed by atoms with van der Waals surface area (Å²) in [4.78, 5) is 19.2. The van der Waals surface area contributed by atoms with Crippen LogP contribution in [0.5, 0.6) is 0 Å². The average molecular weight is 334 g/mol. The highest BCUT2D eigenvalue weighted by molar-refractivity contribution is 5.83. The first kappa shape index (κ1) is 18.3. The molecular weight excluding hydrogens is 307 g/mol.